The van der Waals surface area contributed by atoms with Crippen LogP contribution in [0.25, 0.3) is 11.1 Å². The molecule has 2 aliphatic carbocycles. The van der Waals surface area contributed by atoms with E-state index in [0.717, 1.165) is 19.3 Å². The molecule has 3 atom stereocenters. The van der Waals surface area contributed by atoms with Crippen LogP contribution in [-0.2, 0) is 14.3 Å². The third-order valence-corrected chi connectivity index (χ3v) is 7.12. The summed E-state index contributed by atoms with van der Waals surface area (Å²) in [4.78, 5) is 35.5. The van der Waals surface area contributed by atoms with Gasteiger partial charge in [0.1, 0.15) is 6.61 Å². The van der Waals surface area contributed by atoms with E-state index < -0.39 is 12.1 Å². The Balaban J connectivity index is 1.20. The van der Waals surface area contributed by atoms with E-state index >= 15 is 0 Å². The average molecular weight is 479 g/mol. The van der Waals surface area contributed by atoms with Gasteiger partial charge in [-0.25, -0.2) is 4.79 Å². The van der Waals surface area contributed by atoms with E-state index in [1.54, 1.807) is 0 Å². The predicted octanol–water partition coefficient (Wildman–Crippen LogP) is 4.84. The summed E-state index contributed by atoms with van der Waals surface area (Å²) in [6.45, 7) is 2.19. The summed E-state index contributed by atoms with van der Waals surface area (Å²) in [5.41, 5.74) is 4.77. The van der Waals surface area contributed by atoms with Crippen LogP contribution in [0.15, 0.2) is 48.5 Å². The van der Waals surface area contributed by atoms with Gasteiger partial charge in [-0.3, -0.25) is 9.59 Å². The number of nitrogens with one attached hydrogen (secondary N) is 2. The first-order valence-electron chi connectivity index (χ1n) is 12.5. The van der Waals surface area contributed by atoms with Crippen molar-refractivity contribution in [3.8, 4) is 11.1 Å². The minimum atomic E-state index is -0.815. The summed E-state index contributed by atoms with van der Waals surface area (Å²) < 4.78 is 5.65. The fourth-order valence-electron chi connectivity index (χ4n) is 5.43. The van der Waals surface area contributed by atoms with Crippen molar-refractivity contribution in [1.82, 2.24) is 10.6 Å². The number of hydrogen-bond donors (Lipinski definition) is 3. The molecule has 2 aliphatic rings. The van der Waals surface area contributed by atoms with Crippen molar-refractivity contribution < 1.29 is 24.2 Å². The number of hydrogen-bond acceptors (Lipinski definition) is 4. The normalized spacial score (nSPS) is 19.5. The molecule has 7 heteroatoms. The van der Waals surface area contributed by atoms with E-state index in [9.17, 15) is 14.4 Å². The molecule has 7 nitrogen and oxygen atoms in total. The lowest BCUT2D eigenvalue weighted by molar-refractivity contribution is -0.137. The molecule has 0 bridgehead atoms. The molecule has 3 N–H and O–H groups in total. The molecule has 2 amide bonds. The van der Waals surface area contributed by atoms with Gasteiger partial charge in [0.2, 0.25) is 5.91 Å². The lowest BCUT2D eigenvalue weighted by Crippen LogP contribution is -2.35. The van der Waals surface area contributed by atoms with Crippen LogP contribution in [0.3, 0.4) is 0 Å². The Hall–Kier alpha value is -3.35. The molecule has 0 aliphatic heterocycles. The molecule has 0 spiro atoms. The van der Waals surface area contributed by atoms with Gasteiger partial charge in [0.25, 0.3) is 0 Å². The van der Waals surface area contributed by atoms with Gasteiger partial charge in [-0.2, -0.15) is 0 Å². The maximum absolute atomic E-state index is 12.5. The number of amides is 2. The number of carboxylic acids is 1. The predicted molar refractivity (Wildman–Crippen MR) is 133 cm³/mol. The van der Waals surface area contributed by atoms with E-state index in [4.69, 9.17) is 9.84 Å². The first kappa shape index (κ1) is 24.8. The highest BCUT2D eigenvalue weighted by Crippen LogP contribution is 2.44. The van der Waals surface area contributed by atoms with Crippen LogP contribution in [0, 0.1) is 5.92 Å². The van der Waals surface area contributed by atoms with Gasteiger partial charge in [-0.05, 0) is 67.2 Å². The van der Waals surface area contributed by atoms with Gasteiger partial charge in [0, 0.05) is 30.8 Å². The van der Waals surface area contributed by atoms with Crippen molar-refractivity contribution in [1.29, 1.82) is 0 Å². The molecule has 4 rings (SSSR count). The summed E-state index contributed by atoms with van der Waals surface area (Å²) in [6, 6.07) is 16.5. The summed E-state index contributed by atoms with van der Waals surface area (Å²) in [6.07, 6.45) is 3.80. The fraction of sp³-hybridized carbons (Fsp3) is 0.464. The van der Waals surface area contributed by atoms with Gasteiger partial charge in [0.15, 0.2) is 0 Å². The Bertz CT molecular complexity index is 1020. The Morgan fingerprint density at radius 2 is 1.69 bits per heavy atom. The maximum atomic E-state index is 12.5. The third kappa shape index (κ3) is 6.41. The van der Waals surface area contributed by atoms with Gasteiger partial charge in [0.05, 0.1) is 0 Å². The molecule has 1 fully saturated rings. The second-order valence-corrected chi connectivity index (χ2v) is 9.80. The van der Waals surface area contributed by atoms with E-state index in [2.05, 4.69) is 34.9 Å². The molecular formula is C28H34N2O5. The number of aliphatic carboxylic acids is 1. The zero-order chi connectivity index (χ0) is 24.8. The number of carboxylic acid groups (broad SMARTS) is 1. The van der Waals surface area contributed by atoms with Crippen molar-refractivity contribution >= 4 is 18.0 Å². The van der Waals surface area contributed by atoms with Crippen molar-refractivity contribution in [2.75, 3.05) is 6.61 Å². The first-order valence-corrected chi connectivity index (χ1v) is 12.5. The lowest BCUT2D eigenvalue weighted by atomic mass is 9.98. The molecule has 186 valence electrons. The number of carbonyl (C=O) groups excluding carboxylic acids is 2. The van der Waals surface area contributed by atoms with Crippen molar-refractivity contribution in [3.63, 3.8) is 0 Å². The number of fused-ring (bicyclic) bond motifs is 3. The molecule has 0 heterocycles. The largest absolute Gasteiger partial charge is 0.481 e. The van der Waals surface area contributed by atoms with E-state index in [0.29, 0.717) is 19.3 Å². The smallest absolute Gasteiger partial charge is 0.407 e. The SMILES string of the molecule is CC(CCCC(=O)O)NC(=O)C[C@H]1CC[C@@H](NC(=O)OCC2c3ccccc3-c3ccccc32)C1. The highest BCUT2D eigenvalue weighted by molar-refractivity contribution is 5.79. The van der Waals surface area contributed by atoms with Gasteiger partial charge in [-0.15, -0.1) is 0 Å². The van der Waals surface area contributed by atoms with Crippen LogP contribution in [0.4, 0.5) is 4.79 Å². The lowest BCUT2D eigenvalue weighted by Gasteiger charge is -2.17. The third-order valence-electron chi connectivity index (χ3n) is 7.12. The zero-order valence-electron chi connectivity index (χ0n) is 20.2. The fourth-order valence-corrected chi connectivity index (χ4v) is 5.43. The van der Waals surface area contributed by atoms with Crippen LogP contribution in [0.2, 0.25) is 0 Å². The van der Waals surface area contributed by atoms with Crippen LogP contribution < -0.4 is 10.6 Å². The molecule has 0 saturated heterocycles. The second kappa shape index (κ2) is 11.4. The summed E-state index contributed by atoms with van der Waals surface area (Å²) in [7, 11) is 0. The maximum Gasteiger partial charge on any atom is 0.407 e. The molecule has 0 aromatic heterocycles. The van der Waals surface area contributed by atoms with Crippen LogP contribution in [0.5, 0.6) is 0 Å². The highest BCUT2D eigenvalue weighted by Gasteiger charge is 2.31. The van der Waals surface area contributed by atoms with Crippen molar-refractivity contribution in [2.24, 2.45) is 5.92 Å². The highest BCUT2D eigenvalue weighted by atomic mass is 16.5. The minimum Gasteiger partial charge on any atom is -0.481 e. The molecule has 0 radical (unpaired) electrons. The number of rotatable bonds is 10. The molecule has 2 aromatic carbocycles. The van der Waals surface area contributed by atoms with Gasteiger partial charge < -0.3 is 20.5 Å². The summed E-state index contributed by atoms with van der Waals surface area (Å²) in [5.74, 6) is -0.574. The molecule has 2 aromatic rings. The van der Waals surface area contributed by atoms with Crippen molar-refractivity contribution in [2.45, 2.75) is 69.9 Å². The zero-order valence-corrected chi connectivity index (χ0v) is 20.2. The number of carbonyl (C=O) groups is 3. The Morgan fingerprint density at radius 1 is 1.03 bits per heavy atom. The summed E-state index contributed by atoms with van der Waals surface area (Å²) in [5, 5.41) is 14.7. The Kier molecular flexibility index (Phi) is 8.06. The average Bonchev–Trinajstić information content (AvgIpc) is 3.39. The minimum absolute atomic E-state index is 0.0106. The monoisotopic (exact) mass is 478 g/mol. The van der Waals surface area contributed by atoms with E-state index in [1.165, 1.54) is 22.3 Å². The number of ether oxygens (including phenoxy) is 1. The second-order valence-electron chi connectivity index (χ2n) is 9.80. The van der Waals surface area contributed by atoms with Gasteiger partial charge in [-0.1, -0.05) is 48.5 Å². The molecular weight excluding hydrogens is 444 g/mol. The topological polar surface area (TPSA) is 105 Å². The molecule has 1 saturated carbocycles. The summed E-state index contributed by atoms with van der Waals surface area (Å²) >= 11 is 0. The molecule has 1 unspecified atom stereocenters. The quantitative estimate of drug-likeness (QED) is 0.453. The Labute approximate surface area is 206 Å². The van der Waals surface area contributed by atoms with Crippen LogP contribution in [0.1, 0.15) is 68.9 Å². The number of benzene rings is 2. The van der Waals surface area contributed by atoms with E-state index in [1.807, 2.05) is 31.2 Å². The first-order chi connectivity index (χ1) is 16.9. The number of alkyl carbamates (subject to hydrolysis) is 1. The van der Waals surface area contributed by atoms with E-state index in [-0.39, 0.29) is 42.9 Å². The molecule has 35 heavy (non-hydrogen) atoms. The van der Waals surface area contributed by atoms with Crippen LogP contribution >= 0.6 is 0 Å². The standard InChI is InChI=1S/C28H34N2O5/c1-18(7-6-12-27(32)33)29-26(31)16-19-13-14-20(15-19)30-28(34)35-17-25-23-10-4-2-8-21(23)22-9-3-5-11-24(22)25/h2-5,8-11,18-20,25H,6-7,12-17H2,1H3,(H,29,31)(H,30,34)(H,32,33)/t18?,19-,20+/m0/s1. The van der Waals surface area contributed by atoms with Gasteiger partial charge >= 0.3 is 12.1 Å². The van der Waals surface area contributed by atoms with Crippen molar-refractivity contribution in [3.05, 3.63) is 59.7 Å². The Morgan fingerprint density at radius 3 is 2.34 bits per heavy atom. The van der Waals surface area contributed by atoms with Crippen LogP contribution in [-0.4, -0.2) is 41.8 Å².